The van der Waals surface area contributed by atoms with Gasteiger partial charge in [0.05, 0.1) is 0 Å². The average molecular weight is 503 g/mol. The Morgan fingerprint density at radius 1 is 1.09 bits per heavy atom. The van der Waals surface area contributed by atoms with Gasteiger partial charge < -0.3 is 4.18 Å². The van der Waals surface area contributed by atoms with E-state index >= 15 is 0 Å². The summed E-state index contributed by atoms with van der Waals surface area (Å²) in [6, 6.07) is 0. The predicted molar refractivity (Wildman–Crippen MR) is 128 cm³/mol. The maximum absolute atomic E-state index is 12.7. The van der Waals surface area contributed by atoms with Crippen molar-refractivity contribution >= 4 is 10.1 Å². The van der Waals surface area contributed by atoms with Gasteiger partial charge in [0.25, 0.3) is 0 Å². The molecule has 7 heteroatoms. The van der Waals surface area contributed by atoms with E-state index in [9.17, 15) is 21.6 Å². The van der Waals surface area contributed by atoms with Crippen LogP contribution in [0.1, 0.15) is 91.9 Å². The highest BCUT2D eigenvalue weighted by Crippen LogP contribution is 2.64. The normalized spacial score (nSPS) is 36.8. The van der Waals surface area contributed by atoms with Crippen LogP contribution in [0.25, 0.3) is 0 Å². The van der Waals surface area contributed by atoms with E-state index in [0.717, 1.165) is 29.7 Å². The zero-order valence-corrected chi connectivity index (χ0v) is 21.9. The Morgan fingerprint density at radius 2 is 1.82 bits per heavy atom. The van der Waals surface area contributed by atoms with Crippen LogP contribution in [-0.4, -0.2) is 13.9 Å². The van der Waals surface area contributed by atoms with Crippen molar-refractivity contribution in [3.63, 3.8) is 0 Å². The van der Waals surface area contributed by atoms with E-state index in [4.69, 9.17) is 0 Å². The summed E-state index contributed by atoms with van der Waals surface area (Å²) in [5.41, 5.74) is -4.01. The zero-order chi connectivity index (χ0) is 24.9. The van der Waals surface area contributed by atoms with Crippen molar-refractivity contribution in [3.8, 4) is 0 Å². The van der Waals surface area contributed by atoms with Crippen molar-refractivity contribution < 1.29 is 25.8 Å². The van der Waals surface area contributed by atoms with Crippen LogP contribution in [0, 0.1) is 46.8 Å². The van der Waals surface area contributed by atoms with Crippen LogP contribution in [0.15, 0.2) is 23.5 Å². The summed E-state index contributed by atoms with van der Waals surface area (Å²) in [6.45, 7) is 9.60. The van der Waals surface area contributed by atoms with Crippen LogP contribution in [0.5, 0.6) is 0 Å². The van der Waals surface area contributed by atoms with Gasteiger partial charge in [-0.1, -0.05) is 53.0 Å². The predicted octanol–water partition coefficient (Wildman–Crippen LogP) is 8.00. The SMILES string of the molecule is CC(C)CCCC(C)C1CCC2C3CC=C4C=C(OS(=O)(=O)C(F)(F)F)CCC4C3CCC12C. The first-order valence-electron chi connectivity index (χ1n) is 13.2. The molecule has 0 N–H and O–H groups in total. The molecule has 3 nitrogen and oxygen atoms in total. The van der Waals surface area contributed by atoms with Gasteiger partial charge in [-0.15, -0.1) is 0 Å². The minimum absolute atomic E-state index is 0.0740. The Bertz CT molecular complexity index is 920. The van der Waals surface area contributed by atoms with Crippen molar-refractivity contribution in [1.82, 2.24) is 0 Å². The summed E-state index contributed by atoms with van der Waals surface area (Å²) in [5.74, 6) is 4.44. The molecule has 0 aromatic heterocycles. The Kier molecular flexibility index (Phi) is 7.27. The van der Waals surface area contributed by atoms with Gasteiger partial charge in [0, 0.05) is 6.42 Å². The van der Waals surface area contributed by atoms with Crippen LogP contribution in [-0.2, 0) is 14.3 Å². The van der Waals surface area contributed by atoms with E-state index < -0.39 is 15.6 Å². The van der Waals surface area contributed by atoms with Gasteiger partial charge in [0.1, 0.15) is 5.76 Å². The maximum Gasteiger partial charge on any atom is 0.534 e. The van der Waals surface area contributed by atoms with Crippen molar-refractivity contribution in [1.29, 1.82) is 0 Å². The minimum Gasteiger partial charge on any atom is -0.381 e. The first-order valence-corrected chi connectivity index (χ1v) is 14.7. The Morgan fingerprint density at radius 3 is 2.50 bits per heavy atom. The third-order valence-electron chi connectivity index (χ3n) is 9.79. The lowest BCUT2D eigenvalue weighted by Gasteiger charge is -2.53. The summed E-state index contributed by atoms with van der Waals surface area (Å²) in [4.78, 5) is 0. The van der Waals surface area contributed by atoms with E-state index in [0.29, 0.717) is 35.5 Å². The van der Waals surface area contributed by atoms with Gasteiger partial charge in [-0.25, -0.2) is 0 Å². The molecule has 4 aliphatic rings. The van der Waals surface area contributed by atoms with E-state index in [2.05, 4.69) is 38.0 Å². The van der Waals surface area contributed by atoms with Crippen molar-refractivity contribution in [3.05, 3.63) is 23.5 Å². The van der Waals surface area contributed by atoms with E-state index in [1.165, 1.54) is 44.9 Å². The van der Waals surface area contributed by atoms with Crippen LogP contribution < -0.4 is 0 Å². The number of hydrogen-bond acceptors (Lipinski definition) is 3. The third kappa shape index (κ3) is 4.84. The molecule has 7 atom stereocenters. The fraction of sp³-hybridized carbons (Fsp3) is 0.852. The lowest BCUT2D eigenvalue weighted by molar-refractivity contribution is -0.0525. The lowest BCUT2D eigenvalue weighted by Crippen LogP contribution is -2.46. The van der Waals surface area contributed by atoms with E-state index in [-0.39, 0.29) is 12.2 Å². The third-order valence-corrected chi connectivity index (χ3v) is 10.8. The molecule has 0 aliphatic heterocycles. The molecular weight excluding hydrogens is 461 g/mol. The molecule has 7 unspecified atom stereocenters. The van der Waals surface area contributed by atoms with Gasteiger partial charge in [-0.05, 0) is 97.0 Å². The lowest BCUT2D eigenvalue weighted by atomic mass is 9.51. The van der Waals surface area contributed by atoms with Gasteiger partial charge in [-0.2, -0.15) is 21.6 Å². The number of halogens is 3. The average Bonchev–Trinajstić information content (AvgIpc) is 3.09. The van der Waals surface area contributed by atoms with Gasteiger partial charge in [0.15, 0.2) is 0 Å². The Hall–Kier alpha value is -0.980. The molecule has 0 saturated heterocycles. The Labute approximate surface area is 203 Å². The van der Waals surface area contributed by atoms with Crippen molar-refractivity contribution in [2.24, 2.45) is 46.8 Å². The first kappa shape index (κ1) is 26.1. The second-order valence-electron chi connectivity index (χ2n) is 12.1. The van der Waals surface area contributed by atoms with Crippen molar-refractivity contribution in [2.75, 3.05) is 0 Å². The number of rotatable bonds is 7. The molecule has 0 heterocycles. The minimum atomic E-state index is -5.60. The molecular formula is C27H41F3O3S. The highest BCUT2D eigenvalue weighted by Gasteiger charge is 2.56. The number of hydrogen-bond donors (Lipinski definition) is 0. The van der Waals surface area contributed by atoms with E-state index in [1.54, 1.807) is 6.08 Å². The maximum atomic E-state index is 12.7. The molecule has 4 aliphatic carbocycles. The fourth-order valence-corrected chi connectivity index (χ4v) is 8.71. The smallest absolute Gasteiger partial charge is 0.381 e. The highest BCUT2D eigenvalue weighted by atomic mass is 32.2. The molecule has 2 saturated carbocycles. The van der Waals surface area contributed by atoms with Crippen LogP contribution in [0.2, 0.25) is 0 Å². The fourth-order valence-electron chi connectivity index (χ4n) is 8.21. The molecule has 2 fully saturated rings. The topological polar surface area (TPSA) is 43.4 Å². The summed E-state index contributed by atoms with van der Waals surface area (Å²) in [5, 5.41) is 0. The molecule has 4 rings (SSSR count). The van der Waals surface area contributed by atoms with Gasteiger partial charge >= 0.3 is 15.6 Å². The number of fused-ring (bicyclic) bond motifs is 5. The zero-order valence-electron chi connectivity index (χ0n) is 21.0. The molecule has 0 bridgehead atoms. The van der Waals surface area contributed by atoms with Gasteiger partial charge in [-0.3, -0.25) is 0 Å². The second-order valence-corrected chi connectivity index (χ2v) is 13.7. The molecule has 34 heavy (non-hydrogen) atoms. The Balaban J connectivity index is 1.46. The molecule has 194 valence electrons. The highest BCUT2D eigenvalue weighted by molar-refractivity contribution is 7.87. The van der Waals surface area contributed by atoms with Crippen LogP contribution in [0.4, 0.5) is 13.2 Å². The monoisotopic (exact) mass is 502 g/mol. The first-order chi connectivity index (χ1) is 15.8. The standard InChI is InChI=1S/C27H41F3O3S/c1-17(2)6-5-7-18(3)24-12-13-25-23-10-8-19-16-20(33-34(31,32)27(28,29)30)9-11-21(19)22(23)14-15-26(24,25)4/h8,16-18,21-25H,5-7,9-15H2,1-4H3. The molecule has 0 aromatic rings. The largest absolute Gasteiger partial charge is 0.534 e. The van der Waals surface area contributed by atoms with Crippen LogP contribution in [0.3, 0.4) is 0 Å². The summed E-state index contributed by atoms with van der Waals surface area (Å²) in [6.07, 6.45) is 14.6. The quantitative estimate of drug-likeness (QED) is 0.262. The molecule has 0 aromatic carbocycles. The number of allylic oxidation sites excluding steroid dienone is 4. The van der Waals surface area contributed by atoms with Gasteiger partial charge in [0.2, 0.25) is 0 Å². The number of alkyl halides is 3. The summed E-state index contributed by atoms with van der Waals surface area (Å²) < 4.78 is 65.6. The van der Waals surface area contributed by atoms with Crippen LogP contribution >= 0.6 is 0 Å². The summed E-state index contributed by atoms with van der Waals surface area (Å²) in [7, 11) is -5.60. The van der Waals surface area contributed by atoms with Crippen molar-refractivity contribution in [2.45, 2.75) is 97.4 Å². The molecule has 0 radical (unpaired) electrons. The molecule has 0 spiro atoms. The summed E-state index contributed by atoms with van der Waals surface area (Å²) >= 11 is 0. The molecule has 0 amide bonds. The van der Waals surface area contributed by atoms with E-state index in [1.807, 2.05) is 0 Å². The second kappa shape index (κ2) is 9.48.